The Morgan fingerprint density at radius 3 is 2.00 bits per heavy atom. The molecule has 4 nitrogen and oxygen atoms in total. The van der Waals surface area contributed by atoms with Gasteiger partial charge in [-0.25, -0.2) is 13.6 Å². The summed E-state index contributed by atoms with van der Waals surface area (Å²) in [4.78, 5) is 0. The third-order valence-corrected chi connectivity index (χ3v) is 2.91. The monoisotopic (exact) mass is 164 g/mol. The summed E-state index contributed by atoms with van der Waals surface area (Å²) in [6.45, 7) is 0.434. The maximum absolute atomic E-state index is 10.6. The SMILES string of the molecule is NCC1(CS(N)(=O)=O)CC1. The Hall–Kier alpha value is -0.130. The predicted molar refractivity (Wildman–Crippen MR) is 38.7 cm³/mol. The van der Waals surface area contributed by atoms with Gasteiger partial charge < -0.3 is 5.73 Å². The average Bonchev–Trinajstić information content (AvgIpc) is 2.45. The van der Waals surface area contributed by atoms with Crippen molar-refractivity contribution < 1.29 is 8.42 Å². The van der Waals surface area contributed by atoms with Crippen molar-refractivity contribution in [2.75, 3.05) is 12.3 Å². The minimum absolute atomic E-state index is 0.0521. The standard InChI is InChI=1S/C5H12N2O2S/c6-3-5(1-2-5)4-10(7,8)9/h1-4,6H2,(H2,7,8,9). The normalized spacial score (nSPS) is 22.6. The van der Waals surface area contributed by atoms with Crippen LogP contribution in [0, 0.1) is 5.41 Å². The second-order valence-corrected chi connectivity index (χ2v) is 4.63. The Morgan fingerprint density at radius 1 is 1.40 bits per heavy atom. The maximum atomic E-state index is 10.6. The Kier molecular flexibility index (Phi) is 1.74. The Balaban J connectivity index is 2.54. The number of rotatable bonds is 3. The van der Waals surface area contributed by atoms with Crippen LogP contribution in [0.4, 0.5) is 0 Å². The van der Waals surface area contributed by atoms with E-state index >= 15 is 0 Å². The van der Waals surface area contributed by atoms with Crippen LogP contribution in [0.5, 0.6) is 0 Å². The molecule has 0 spiro atoms. The van der Waals surface area contributed by atoms with E-state index in [1.165, 1.54) is 0 Å². The van der Waals surface area contributed by atoms with Crippen LogP contribution in [0.25, 0.3) is 0 Å². The highest BCUT2D eigenvalue weighted by atomic mass is 32.2. The van der Waals surface area contributed by atoms with E-state index in [9.17, 15) is 8.42 Å². The van der Waals surface area contributed by atoms with E-state index in [1.54, 1.807) is 0 Å². The molecule has 0 aromatic heterocycles. The van der Waals surface area contributed by atoms with E-state index < -0.39 is 10.0 Å². The van der Waals surface area contributed by atoms with Gasteiger partial charge in [0.1, 0.15) is 0 Å². The second-order valence-electron chi connectivity index (χ2n) is 3.01. The number of sulfonamides is 1. The summed E-state index contributed by atoms with van der Waals surface area (Å²) in [5.41, 5.74) is 5.20. The number of primary sulfonamides is 1. The van der Waals surface area contributed by atoms with Gasteiger partial charge in [-0.3, -0.25) is 0 Å². The van der Waals surface area contributed by atoms with Crippen molar-refractivity contribution in [2.45, 2.75) is 12.8 Å². The highest BCUT2D eigenvalue weighted by Crippen LogP contribution is 2.45. The van der Waals surface area contributed by atoms with E-state index in [0.717, 1.165) is 12.8 Å². The molecule has 1 aliphatic carbocycles. The molecule has 0 amide bonds. The van der Waals surface area contributed by atoms with Crippen LogP contribution in [0.2, 0.25) is 0 Å². The zero-order chi connectivity index (χ0) is 7.83. The van der Waals surface area contributed by atoms with Crippen LogP contribution in [-0.4, -0.2) is 20.7 Å². The van der Waals surface area contributed by atoms with Gasteiger partial charge >= 0.3 is 0 Å². The van der Waals surface area contributed by atoms with Crippen LogP contribution in [-0.2, 0) is 10.0 Å². The molecule has 0 heterocycles. The molecule has 0 unspecified atom stereocenters. The van der Waals surface area contributed by atoms with E-state index in [2.05, 4.69) is 0 Å². The first-order chi connectivity index (χ1) is 4.47. The molecule has 0 aromatic rings. The minimum Gasteiger partial charge on any atom is -0.330 e. The first-order valence-electron chi connectivity index (χ1n) is 3.18. The van der Waals surface area contributed by atoms with Crippen LogP contribution in [0.3, 0.4) is 0 Å². The molecule has 0 atom stereocenters. The van der Waals surface area contributed by atoms with E-state index in [1.807, 2.05) is 0 Å². The van der Waals surface area contributed by atoms with Crippen molar-refractivity contribution in [3.63, 3.8) is 0 Å². The second kappa shape index (κ2) is 2.18. The largest absolute Gasteiger partial charge is 0.330 e. The Morgan fingerprint density at radius 2 is 1.90 bits per heavy atom. The fourth-order valence-electron chi connectivity index (χ4n) is 1.01. The molecule has 1 saturated carbocycles. The third-order valence-electron chi connectivity index (χ3n) is 1.90. The lowest BCUT2D eigenvalue weighted by molar-refractivity contribution is 0.548. The molecule has 0 radical (unpaired) electrons. The third kappa shape index (κ3) is 1.93. The average molecular weight is 164 g/mol. The highest BCUT2D eigenvalue weighted by molar-refractivity contribution is 7.89. The fraction of sp³-hybridized carbons (Fsp3) is 1.00. The van der Waals surface area contributed by atoms with Gasteiger partial charge in [0, 0.05) is 0 Å². The first kappa shape index (κ1) is 7.97. The van der Waals surface area contributed by atoms with Crippen molar-refractivity contribution in [3.05, 3.63) is 0 Å². The lowest BCUT2D eigenvalue weighted by Crippen LogP contribution is -2.29. The summed E-state index contributed by atoms with van der Waals surface area (Å²) < 4.78 is 21.1. The van der Waals surface area contributed by atoms with Crippen molar-refractivity contribution in [2.24, 2.45) is 16.3 Å². The summed E-state index contributed by atoms with van der Waals surface area (Å²) >= 11 is 0. The fourth-order valence-corrected chi connectivity index (χ4v) is 2.27. The van der Waals surface area contributed by atoms with Crippen LogP contribution < -0.4 is 10.9 Å². The van der Waals surface area contributed by atoms with Crippen LogP contribution >= 0.6 is 0 Å². The van der Waals surface area contributed by atoms with E-state index in [0.29, 0.717) is 6.54 Å². The van der Waals surface area contributed by atoms with Crippen LogP contribution in [0.15, 0.2) is 0 Å². The lowest BCUT2D eigenvalue weighted by Gasteiger charge is -2.08. The van der Waals surface area contributed by atoms with Crippen LogP contribution in [0.1, 0.15) is 12.8 Å². The zero-order valence-electron chi connectivity index (χ0n) is 5.71. The topological polar surface area (TPSA) is 86.2 Å². The van der Waals surface area contributed by atoms with Crippen molar-refractivity contribution in [1.82, 2.24) is 0 Å². The van der Waals surface area contributed by atoms with Gasteiger partial charge in [-0.05, 0) is 24.8 Å². The molecular formula is C5H12N2O2S. The van der Waals surface area contributed by atoms with Gasteiger partial charge in [0.15, 0.2) is 0 Å². The molecule has 0 saturated heterocycles. The van der Waals surface area contributed by atoms with E-state index in [-0.39, 0.29) is 11.2 Å². The molecular weight excluding hydrogens is 152 g/mol. The first-order valence-corrected chi connectivity index (χ1v) is 4.90. The molecule has 0 aromatic carbocycles. The highest BCUT2D eigenvalue weighted by Gasteiger charge is 2.43. The van der Waals surface area contributed by atoms with Crippen molar-refractivity contribution in [1.29, 1.82) is 0 Å². The van der Waals surface area contributed by atoms with Gasteiger partial charge in [0.05, 0.1) is 5.75 Å². The Bertz CT molecular complexity index is 218. The lowest BCUT2D eigenvalue weighted by atomic mass is 10.1. The molecule has 0 bridgehead atoms. The summed E-state index contributed by atoms with van der Waals surface area (Å²) in [7, 11) is -3.31. The Labute approximate surface area is 60.6 Å². The maximum Gasteiger partial charge on any atom is 0.209 e. The minimum atomic E-state index is -3.31. The summed E-state index contributed by atoms with van der Waals surface area (Å²) in [6, 6.07) is 0. The zero-order valence-corrected chi connectivity index (χ0v) is 6.52. The number of hydrogen-bond donors (Lipinski definition) is 2. The predicted octanol–water partition coefficient (Wildman–Crippen LogP) is -0.986. The molecule has 60 valence electrons. The van der Waals surface area contributed by atoms with Gasteiger partial charge in [0.2, 0.25) is 10.0 Å². The van der Waals surface area contributed by atoms with E-state index in [4.69, 9.17) is 10.9 Å². The molecule has 5 heteroatoms. The molecule has 1 aliphatic rings. The number of hydrogen-bond acceptors (Lipinski definition) is 3. The molecule has 1 rings (SSSR count). The van der Waals surface area contributed by atoms with Gasteiger partial charge in [-0.15, -0.1) is 0 Å². The van der Waals surface area contributed by atoms with Crippen molar-refractivity contribution >= 4 is 10.0 Å². The molecule has 10 heavy (non-hydrogen) atoms. The number of nitrogens with two attached hydrogens (primary N) is 2. The van der Waals surface area contributed by atoms with Gasteiger partial charge in [-0.2, -0.15) is 0 Å². The van der Waals surface area contributed by atoms with Gasteiger partial charge in [-0.1, -0.05) is 0 Å². The molecule has 0 aliphatic heterocycles. The smallest absolute Gasteiger partial charge is 0.209 e. The summed E-state index contributed by atoms with van der Waals surface area (Å²) in [5.74, 6) is 0.0521. The van der Waals surface area contributed by atoms with Crippen molar-refractivity contribution in [3.8, 4) is 0 Å². The van der Waals surface area contributed by atoms with Gasteiger partial charge in [0.25, 0.3) is 0 Å². The summed E-state index contributed by atoms with van der Waals surface area (Å²) in [5, 5.41) is 4.85. The molecule has 1 fully saturated rings. The summed E-state index contributed by atoms with van der Waals surface area (Å²) in [6.07, 6.45) is 1.81. The molecule has 4 N–H and O–H groups in total. The quantitative estimate of drug-likeness (QED) is 0.561.